The Balaban J connectivity index is 1.47. The molecule has 1 saturated heterocycles. The first-order valence-corrected chi connectivity index (χ1v) is 15.9. The van der Waals surface area contributed by atoms with Gasteiger partial charge in [0.15, 0.2) is 17.1 Å². The molecule has 4 heterocycles. The van der Waals surface area contributed by atoms with E-state index in [0.717, 1.165) is 25.7 Å². The highest BCUT2D eigenvalue weighted by atomic mass is 32.2. The second kappa shape index (κ2) is 9.43. The molecule has 3 aromatic rings. The number of fused-ring (bicyclic) bond motifs is 1. The maximum Gasteiger partial charge on any atom is 0.242 e. The lowest BCUT2D eigenvalue weighted by molar-refractivity contribution is -0.135. The monoisotopic (exact) mass is 581 g/mol. The lowest BCUT2D eigenvalue weighted by atomic mass is 9.88. The van der Waals surface area contributed by atoms with Gasteiger partial charge in [0.05, 0.1) is 16.5 Å². The number of amides is 1. The van der Waals surface area contributed by atoms with Crippen molar-refractivity contribution in [3.8, 4) is 16.9 Å². The molecule has 11 nitrogen and oxygen atoms in total. The van der Waals surface area contributed by atoms with Gasteiger partial charge in [0.2, 0.25) is 15.9 Å². The molecule has 2 saturated carbocycles. The Bertz CT molecular complexity index is 1670. The number of hydrogen-bond donors (Lipinski definition) is 1. The zero-order valence-corrected chi connectivity index (χ0v) is 24.3. The van der Waals surface area contributed by atoms with Gasteiger partial charge in [-0.05, 0) is 63.0 Å². The number of carbonyl (C=O) groups excluding carboxylic acids is 2. The fraction of sp³-hybridized carbons (Fsp3) is 0.556. The Labute approximate surface area is 236 Å². The number of sulfonamides is 1. The van der Waals surface area contributed by atoms with Crippen molar-refractivity contribution < 1.29 is 18.0 Å². The number of likely N-dealkylation sites (tertiary alicyclic amines) is 1. The molecule has 2 aliphatic carbocycles. The average molecular weight is 582 g/mol. The van der Waals surface area contributed by atoms with Crippen LogP contribution in [0.3, 0.4) is 0 Å². The summed E-state index contributed by atoms with van der Waals surface area (Å²) in [5.74, 6) is 0.239. The van der Waals surface area contributed by atoms with E-state index in [1.807, 2.05) is 25.7 Å². The largest absolute Gasteiger partial charge is 0.342 e. The molecule has 1 amide bonds. The summed E-state index contributed by atoms with van der Waals surface area (Å²) in [6.07, 6.45) is 6.41. The van der Waals surface area contributed by atoms with E-state index >= 15 is 0 Å². The van der Waals surface area contributed by atoms with Crippen LogP contribution in [-0.4, -0.2) is 63.7 Å². The highest BCUT2D eigenvalue weighted by molar-refractivity contribution is 7.89. The fourth-order valence-corrected chi connectivity index (χ4v) is 7.92. The zero-order valence-electron chi connectivity index (χ0n) is 22.7. The number of nitrogens with zero attached hydrogens (tertiary/aromatic N) is 6. The van der Waals surface area contributed by atoms with Crippen molar-refractivity contribution in [3.05, 3.63) is 28.5 Å². The van der Waals surface area contributed by atoms with Crippen molar-refractivity contribution in [2.24, 2.45) is 5.92 Å². The number of hydrogen-bond acceptors (Lipinski definition) is 9. The first kappa shape index (κ1) is 27.0. The molecule has 3 fully saturated rings. The number of carbonyl (C=O) groups is 2. The first-order chi connectivity index (χ1) is 19.0. The second-order valence-electron chi connectivity index (χ2n) is 11.8. The van der Waals surface area contributed by atoms with Gasteiger partial charge >= 0.3 is 0 Å². The molecule has 3 aliphatic rings. The topological polar surface area (TPSA) is 150 Å². The number of nitrogens with one attached hydrogen (secondary N) is 1. The second-order valence-corrected chi connectivity index (χ2v) is 14.5. The fourth-order valence-electron chi connectivity index (χ4n) is 5.39. The van der Waals surface area contributed by atoms with Crippen LogP contribution >= 0.6 is 11.3 Å². The summed E-state index contributed by atoms with van der Waals surface area (Å²) >= 11 is 1.25. The maximum absolute atomic E-state index is 13.6. The molecule has 13 heteroatoms. The quantitative estimate of drug-likeness (QED) is 0.398. The molecule has 0 unspecified atom stereocenters. The van der Waals surface area contributed by atoms with Gasteiger partial charge in [-0.25, -0.2) is 18.1 Å². The minimum atomic E-state index is -3.88. The van der Waals surface area contributed by atoms with Crippen molar-refractivity contribution in [1.82, 2.24) is 29.2 Å². The SMILES string of the molecule is CC(C)C(=O)N1CCC(c2cc(S(=O)(=O)NC3(C)CC3)cn3c(-c4nnc(C5(C#N)CC5)s4)nc(C=O)c23)CC1. The molecule has 0 bridgehead atoms. The Hall–Kier alpha value is -3.21. The van der Waals surface area contributed by atoms with Crippen molar-refractivity contribution in [3.63, 3.8) is 0 Å². The maximum atomic E-state index is 13.6. The number of imidazole rings is 1. The van der Waals surface area contributed by atoms with Crippen LogP contribution in [0.2, 0.25) is 0 Å². The van der Waals surface area contributed by atoms with E-state index in [0.29, 0.717) is 59.1 Å². The summed E-state index contributed by atoms with van der Waals surface area (Å²) in [5, 5.41) is 19.2. The molecule has 0 radical (unpaired) electrons. The number of pyridine rings is 1. The molecule has 0 atom stereocenters. The highest BCUT2D eigenvalue weighted by Crippen LogP contribution is 2.49. The normalized spacial score (nSPS) is 20.0. The van der Waals surface area contributed by atoms with Crippen LogP contribution < -0.4 is 4.72 Å². The van der Waals surface area contributed by atoms with Gasteiger partial charge in [-0.3, -0.25) is 14.0 Å². The molecular weight excluding hydrogens is 550 g/mol. The number of aromatic nitrogens is 4. The summed E-state index contributed by atoms with van der Waals surface area (Å²) in [6.45, 7) is 6.74. The van der Waals surface area contributed by atoms with E-state index in [9.17, 15) is 23.3 Å². The van der Waals surface area contributed by atoms with Gasteiger partial charge in [-0.15, -0.1) is 10.2 Å². The minimum Gasteiger partial charge on any atom is -0.342 e. The Kier molecular flexibility index (Phi) is 6.36. The number of rotatable bonds is 8. The molecule has 0 aromatic carbocycles. The van der Waals surface area contributed by atoms with Crippen LogP contribution in [0.1, 0.15) is 86.3 Å². The van der Waals surface area contributed by atoms with Gasteiger partial charge in [-0.2, -0.15) is 5.26 Å². The number of piperidine rings is 1. The van der Waals surface area contributed by atoms with Crippen LogP contribution in [0.15, 0.2) is 17.2 Å². The van der Waals surface area contributed by atoms with Crippen LogP contribution in [0.5, 0.6) is 0 Å². The van der Waals surface area contributed by atoms with Gasteiger partial charge in [0, 0.05) is 30.7 Å². The third-order valence-electron chi connectivity index (χ3n) is 8.30. The zero-order chi connectivity index (χ0) is 28.4. The number of nitriles is 1. The van der Waals surface area contributed by atoms with Crippen LogP contribution in [-0.2, 0) is 20.2 Å². The highest BCUT2D eigenvalue weighted by Gasteiger charge is 2.48. The van der Waals surface area contributed by atoms with Gasteiger partial charge in [0.25, 0.3) is 0 Å². The van der Waals surface area contributed by atoms with Crippen LogP contribution in [0, 0.1) is 17.2 Å². The Morgan fingerprint density at radius 2 is 1.93 bits per heavy atom. The van der Waals surface area contributed by atoms with E-state index in [-0.39, 0.29) is 28.3 Å². The molecule has 210 valence electrons. The molecule has 40 heavy (non-hydrogen) atoms. The van der Waals surface area contributed by atoms with Crippen LogP contribution in [0.4, 0.5) is 0 Å². The summed E-state index contributed by atoms with van der Waals surface area (Å²) in [4.78, 5) is 31.4. The summed E-state index contributed by atoms with van der Waals surface area (Å²) in [5.41, 5.74) is 0.345. The molecule has 3 aromatic heterocycles. The Morgan fingerprint density at radius 1 is 1.23 bits per heavy atom. The predicted octanol–water partition coefficient (Wildman–Crippen LogP) is 3.41. The smallest absolute Gasteiger partial charge is 0.242 e. The lowest BCUT2D eigenvalue weighted by Gasteiger charge is -2.33. The molecule has 1 aliphatic heterocycles. The summed E-state index contributed by atoms with van der Waals surface area (Å²) in [7, 11) is -3.88. The van der Waals surface area contributed by atoms with E-state index < -0.39 is 21.0 Å². The van der Waals surface area contributed by atoms with Crippen molar-refractivity contribution in [1.29, 1.82) is 5.26 Å². The van der Waals surface area contributed by atoms with Crippen LogP contribution in [0.25, 0.3) is 16.3 Å². The predicted molar refractivity (Wildman–Crippen MR) is 147 cm³/mol. The molecule has 1 N–H and O–H groups in total. The van der Waals surface area contributed by atoms with Gasteiger partial charge in [0.1, 0.15) is 16.1 Å². The van der Waals surface area contributed by atoms with Gasteiger partial charge in [-0.1, -0.05) is 25.2 Å². The molecule has 6 rings (SSSR count). The van der Waals surface area contributed by atoms with Crippen molar-refractivity contribution in [2.45, 2.75) is 81.1 Å². The third kappa shape index (κ3) is 4.61. The van der Waals surface area contributed by atoms with Crippen molar-refractivity contribution in [2.75, 3.05) is 13.1 Å². The van der Waals surface area contributed by atoms with E-state index in [4.69, 9.17) is 0 Å². The Morgan fingerprint density at radius 3 is 2.50 bits per heavy atom. The van der Waals surface area contributed by atoms with E-state index in [1.165, 1.54) is 17.5 Å². The third-order valence-corrected chi connectivity index (χ3v) is 11.0. The van der Waals surface area contributed by atoms with Gasteiger partial charge < -0.3 is 4.90 Å². The summed E-state index contributed by atoms with van der Waals surface area (Å²) < 4.78 is 31.6. The number of aldehydes is 1. The van der Waals surface area contributed by atoms with E-state index in [1.54, 1.807) is 10.5 Å². The van der Waals surface area contributed by atoms with E-state index in [2.05, 4.69) is 26.0 Å². The van der Waals surface area contributed by atoms with Crippen molar-refractivity contribution >= 4 is 39.1 Å². The minimum absolute atomic E-state index is 0.0769. The molecule has 0 spiro atoms. The summed E-state index contributed by atoms with van der Waals surface area (Å²) in [6, 6.07) is 3.98. The first-order valence-electron chi connectivity index (χ1n) is 13.6. The lowest BCUT2D eigenvalue weighted by Crippen LogP contribution is -2.40. The average Bonchev–Trinajstić information content (AvgIpc) is 3.78. The standard InChI is InChI=1S/C27H31N7O4S2/c1-16(2)24(36)33-10-4-17(5-11-33)19-12-18(40(37,38)32-26(3)6-7-26)13-34-21(19)20(14-35)29-22(34)23-30-31-25(39-23)27(15-28)8-9-27/h12-14,16-17,32H,4-11H2,1-3H3. The molecular formula is C27H31N7O4S2.